The van der Waals surface area contributed by atoms with Crippen molar-refractivity contribution in [1.82, 2.24) is 9.88 Å². The highest BCUT2D eigenvalue weighted by atomic mass is 32.1. The maximum atomic E-state index is 14.1. The molecule has 6 nitrogen and oxygen atoms in total. The normalized spacial score (nSPS) is 11.1. The van der Waals surface area contributed by atoms with Crippen LogP contribution in [0.2, 0.25) is 0 Å². The van der Waals surface area contributed by atoms with Gasteiger partial charge in [-0.2, -0.15) is 0 Å². The number of halogens is 1. The lowest BCUT2D eigenvalue weighted by molar-refractivity contribution is 0.0597. The lowest BCUT2D eigenvalue weighted by atomic mass is 10.1. The molecule has 0 bridgehead atoms. The molecule has 0 aliphatic carbocycles. The van der Waals surface area contributed by atoms with Crippen LogP contribution >= 0.6 is 11.3 Å². The Morgan fingerprint density at radius 3 is 2.45 bits per heavy atom. The molecule has 152 valence electrons. The number of benzene rings is 2. The van der Waals surface area contributed by atoms with Gasteiger partial charge < -0.3 is 9.64 Å². The zero-order valence-corrected chi connectivity index (χ0v) is 17.3. The molecule has 3 aromatic rings. The van der Waals surface area contributed by atoms with E-state index in [4.69, 9.17) is 4.74 Å². The molecule has 8 heteroatoms. The molecule has 3 rings (SSSR count). The molecule has 0 unspecified atom stereocenters. The SMILES string of the molecule is COC(=O)c1ccccc1C(=O)N(CCCN(C)C)c1nc2c(F)cccc2s1. The summed E-state index contributed by atoms with van der Waals surface area (Å²) < 4.78 is 19.6. The van der Waals surface area contributed by atoms with E-state index in [0.29, 0.717) is 22.8 Å². The number of carbonyl (C=O) groups is 2. The highest BCUT2D eigenvalue weighted by Gasteiger charge is 2.26. The molecule has 0 N–H and O–H groups in total. The molecule has 0 atom stereocenters. The number of methoxy groups -OCH3 is 1. The van der Waals surface area contributed by atoms with Crippen molar-refractivity contribution in [2.45, 2.75) is 6.42 Å². The van der Waals surface area contributed by atoms with E-state index < -0.39 is 11.8 Å². The molecule has 0 saturated carbocycles. The maximum absolute atomic E-state index is 14.1. The van der Waals surface area contributed by atoms with Crippen LogP contribution < -0.4 is 4.90 Å². The van der Waals surface area contributed by atoms with Gasteiger partial charge in [0.1, 0.15) is 11.3 Å². The third-order valence-corrected chi connectivity index (χ3v) is 5.43. The summed E-state index contributed by atoms with van der Waals surface area (Å²) in [5, 5.41) is 0.397. The van der Waals surface area contributed by atoms with E-state index in [1.165, 1.54) is 29.4 Å². The minimum atomic E-state index is -0.586. The summed E-state index contributed by atoms with van der Waals surface area (Å²) in [6, 6.07) is 11.2. The van der Waals surface area contributed by atoms with E-state index in [0.717, 1.165) is 6.54 Å². The Labute approximate surface area is 172 Å². The van der Waals surface area contributed by atoms with Crippen molar-refractivity contribution >= 4 is 38.6 Å². The van der Waals surface area contributed by atoms with E-state index in [2.05, 4.69) is 4.98 Å². The molecule has 0 aliphatic rings. The predicted molar refractivity (Wildman–Crippen MR) is 112 cm³/mol. The summed E-state index contributed by atoms with van der Waals surface area (Å²) in [6.45, 7) is 1.15. The van der Waals surface area contributed by atoms with Crippen molar-refractivity contribution in [3.63, 3.8) is 0 Å². The first kappa shape index (κ1) is 20.9. The van der Waals surface area contributed by atoms with Gasteiger partial charge in [-0.1, -0.05) is 29.5 Å². The molecule has 2 aromatic carbocycles. The highest BCUT2D eigenvalue weighted by Crippen LogP contribution is 2.31. The lowest BCUT2D eigenvalue weighted by Crippen LogP contribution is -2.34. The third-order valence-electron chi connectivity index (χ3n) is 4.38. The molecule has 0 radical (unpaired) electrons. The Morgan fingerprint density at radius 1 is 1.07 bits per heavy atom. The molecular formula is C21H22FN3O3S. The summed E-state index contributed by atoms with van der Waals surface area (Å²) in [7, 11) is 5.17. The Bertz CT molecular complexity index is 1030. The number of amides is 1. The number of esters is 1. The Morgan fingerprint density at radius 2 is 1.79 bits per heavy atom. The summed E-state index contributed by atoms with van der Waals surface area (Å²) in [6.07, 6.45) is 0.692. The molecular weight excluding hydrogens is 393 g/mol. The van der Waals surface area contributed by atoms with Gasteiger partial charge in [-0.25, -0.2) is 14.2 Å². The number of fused-ring (bicyclic) bond motifs is 1. The summed E-state index contributed by atoms with van der Waals surface area (Å²) >= 11 is 1.25. The van der Waals surface area contributed by atoms with Crippen molar-refractivity contribution in [3.05, 3.63) is 59.4 Å². The van der Waals surface area contributed by atoms with Gasteiger partial charge in [0.15, 0.2) is 5.13 Å². The van der Waals surface area contributed by atoms with Gasteiger partial charge in [0.2, 0.25) is 0 Å². The fourth-order valence-electron chi connectivity index (χ4n) is 2.95. The van der Waals surface area contributed by atoms with Gasteiger partial charge in [-0.15, -0.1) is 0 Å². The van der Waals surface area contributed by atoms with Crippen LogP contribution in [0.3, 0.4) is 0 Å². The first-order valence-electron chi connectivity index (χ1n) is 9.11. The molecule has 0 aliphatic heterocycles. The van der Waals surface area contributed by atoms with E-state index in [9.17, 15) is 14.0 Å². The second kappa shape index (κ2) is 9.11. The van der Waals surface area contributed by atoms with Crippen LogP contribution in [0.4, 0.5) is 9.52 Å². The van der Waals surface area contributed by atoms with E-state index >= 15 is 0 Å². The van der Waals surface area contributed by atoms with Crippen LogP contribution in [0.1, 0.15) is 27.1 Å². The maximum Gasteiger partial charge on any atom is 0.338 e. The minimum absolute atomic E-state index is 0.185. The van der Waals surface area contributed by atoms with Gasteiger partial charge in [-0.05, 0) is 51.3 Å². The molecule has 1 aromatic heterocycles. The van der Waals surface area contributed by atoms with Gasteiger partial charge in [0, 0.05) is 6.54 Å². The second-order valence-corrected chi connectivity index (χ2v) is 7.74. The molecule has 29 heavy (non-hydrogen) atoms. The van der Waals surface area contributed by atoms with Crippen LogP contribution in [0.25, 0.3) is 10.2 Å². The van der Waals surface area contributed by atoms with Gasteiger partial charge in [0.25, 0.3) is 5.91 Å². The second-order valence-electron chi connectivity index (χ2n) is 6.73. The van der Waals surface area contributed by atoms with E-state index in [1.54, 1.807) is 36.4 Å². The number of thiazole rings is 1. The monoisotopic (exact) mass is 415 g/mol. The average molecular weight is 415 g/mol. The fraction of sp³-hybridized carbons (Fsp3) is 0.286. The van der Waals surface area contributed by atoms with Gasteiger partial charge >= 0.3 is 5.97 Å². The van der Waals surface area contributed by atoms with Crippen LogP contribution in [0.15, 0.2) is 42.5 Å². The summed E-state index contributed by atoms with van der Waals surface area (Å²) in [5.74, 6) is -1.39. The smallest absolute Gasteiger partial charge is 0.338 e. The van der Waals surface area contributed by atoms with Gasteiger partial charge in [-0.3, -0.25) is 9.69 Å². The topological polar surface area (TPSA) is 62.7 Å². The zero-order chi connectivity index (χ0) is 21.0. The summed E-state index contributed by atoms with van der Waals surface area (Å²) in [4.78, 5) is 33.4. The predicted octanol–water partition coefficient (Wildman–Crippen LogP) is 3.82. The quantitative estimate of drug-likeness (QED) is 0.549. The third kappa shape index (κ3) is 4.60. The number of anilines is 1. The lowest BCUT2D eigenvalue weighted by Gasteiger charge is -2.22. The Balaban J connectivity index is 2.02. The molecule has 1 heterocycles. The van der Waals surface area contributed by atoms with Crippen molar-refractivity contribution in [1.29, 1.82) is 0 Å². The number of ether oxygens (including phenoxy) is 1. The van der Waals surface area contributed by atoms with E-state index in [1.807, 2.05) is 19.0 Å². The van der Waals surface area contributed by atoms with Crippen molar-refractivity contribution < 1.29 is 18.7 Å². The number of hydrogen-bond acceptors (Lipinski definition) is 6. The van der Waals surface area contributed by atoms with Crippen molar-refractivity contribution in [2.24, 2.45) is 0 Å². The summed E-state index contributed by atoms with van der Waals surface area (Å²) in [5.41, 5.74) is 0.646. The van der Waals surface area contributed by atoms with Crippen LogP contribution in [0.5, 0.6) is 0 Å². The molecule has 0 saturated heterocycles. The molecule has 0 fully saturated rings. The number of para-hydroxylation sites is 1. The van der Waals surface area contributed by atoms with Crippen LogP contribution in [-0.4, -0.2) is 56.1 Å². The van der Waals surface area contributed by atoms with Gasteiger partial charge in [0.05, 0.1) is 22.9 Å². The number of rotatable bonds is 7. The Kier molecular flexibility index (Phi) is 6.56. The zero-order valence-electron chi connectivity index (χ0n) is 16.5. The van der Waals surface area contributed by atoms with Crippen molar-refractivity contribution in [2.75, 3.05) is 39.2 Å². The molecule has 0 spiro atoms. The van der Waals surface area contributed by atoms with E-state index in [-0.39, 0.29) is 22.6 Å². The standard InChI is InChI=1S/C21H22FN3O3S/c1-24(2)12-7-13-25(21-23-18-16(22)10-6-11-17(18)29-21)19(26)14-8-4-5-9-15(14)20(27)28-3/h4-6,8-11H,7,12-13H2,1-3H3. The number of aromatic nitrogens is 1. The first-order valence-corrected chi connectivity index (χ1v) is 9.93. The molecule has 1 amide bonds. The fourth-order valence-corrected chi connectivity index (χ4v) is 3.96. The number of carbonyl (C=O) groups excluding carboxylic acids is 2. The first-order chi connectivity index (χ1) is 13.9. The van der Waals surface area contributed by atoms with Crippen molar-refractivity contribution in [3.8, 4) is 0 Å². The number of nitrogens with zero attached hydrogens (tertiary/aromatic N) is 3. The average Bonchev–Trinajstić information content (AvgIpc) is 3.15. The largest absolute Gasteiger partial charge is 0.465 e. The van der Waals surface area contributed by atoms with Crippen LogP contribution in [-0.2, 0) is 4.74 Å². The van der Waals surface area contributed by atoms with Crippen LogP contribution in [0, 0.1) is 5.82 Å². The highest BCUT2D eigenvalue weighted by molar-refractivity contribution is 7.22. The minimum Gasteiger partial charge on any atom is -0.465 e. The number of hydrogen-bond donors (Lipinski definition) is 0. The Hall–Kier alpha value is -2.84.